The van der Waals surface area contributed by atoms with Gasteiger partial charge in [0.1, 0.15) is 22.2 Å². The number of aromatic nitrogens is 2. The standard InChI is InChI=1S/2C23H15Br3ClN3OS.C3H7NO/c2*24-13-8-17(25)22(18(26)9-13)30-20(31)11-32-23-16(10-28)21(12-4-6-14(27)7-5-12)15-2-1-3-19(15)29-23;1-4(2)3-5/h2*4-9H,1-3,11H2,(H,30,31);3H,1-2H3. The zero-order chi connectivity index (χ0) is 49.9. The molecule has 2 aliphatic rings. The van der Waals surface area contributed by atoms with Crippen molar-refractivity contribution in [2.75, 3.05) is 36.2 Å². The van der Waals surface area contributed by atoms with Crippen LogP contribution in [0.2, 0.25) is 10.0 Å². The van der Waals surface area contributed by atoms with E-state index in [-0.39, 0.29) is 23.3 Å². The lowest BCUT2D eigenvalue weighted by Crippen LogP contribution is -2.15. The van der Waals surface area contributed by atoms with Crippen LogP contribution in [0.4, 0.5) is 11.4 Å². The summed E-state index contributed by atoms with van der Waals surface area (Å²) in [7, 11) is 3.38. The highest BCUT2D eigenvalue weighted by atomic mass is 79.9. The number of benzene rings is 4. The first kappa shape index (κ1) is 55.1. The van der Waals surface area contributed by atoms with Gasteiger partial charge < -0.3 is 15.5 Å². The molecule has 0 atom stereocenters. The molecule has 6 aromatic rings. The van der Waals surface area contributed by atoms with Crippen LogP contribution in [-0.2, 0) is 40.1 Å². The van der Waals surface area contributed by atoms with Crippen LogP contribution in [0.3, 0.4) is 0 Å². The van der Waals surface area contributed by atoms with E-state index in [1.54, 1.807) is 14.1 Å². The molecule has 354 valence electrons. The highest BCUT2D eigenvalue weighted by Gasteiger charge is 2.27. The van der Waals surface area contributed by atoms with E-state index in [2.05, 4.69) is 118 Å². The largest absolute Gasteiger partial charge is 0.351 e. The molecule has 10 nitrogen and oxygen atoms in total. The van der Waals surface area contributed by atoms with E-state index < -0.39 is 0 Å². The second kappa shape index (κ2) is 25.9. The fourth-order valence-corrected chi connectivity index (χ4v) is 14.1. The SMILES string of the molecule is CN(C)C=O.N#Cc1c(SCC(=O)Nc2c(Br)cc(Br)cc2Br)nc2c(c1-c1ccc(Cl)cc1)CCC2.N#Cc1c(SCC(=O)Nc2c(Br)cc(Br)cc2Br)nc2c(c1-c1ccc(Cl)cc1)CCC2. The van der Waals surface area contributed by atoms with Gasteiger partial charge in [0.2, 0.25) is 18.2 Å². The molecule has 0 radical (unpaired) electrons. The van der Waals surface area contributed by atoms with Crippen LogP contribution in [0.25, 0.3) is 22.3 Å². The summed E-state index contributed by atoms with van der Waals surface area (Å²) >= 11 is 35.4. The second-order valence-electron chi connectivity index (χ2n) is 15.4. The number of carbonyl (C=O) groups excluding carboxylic acids is 3. The molecule has 3 amide bonds. The highest BCUT2D eigenvalue weighted by Crippen LogP contribution is 2.42. The molecule has 0 bridgehead atoms. The summed E-state index contributed by atoms with van der Waals surface area (Å²) in [5.74, 6) is -0.0961. The Morgan fingerprint density at radius 3 is 1.28 bits per heavy atom. The van der Waals surface area contributed by atoms with Gasteiger partial charge in [-0.3, -0.25) is 14.4 Å². The van der Waals surface area contributed by atoms with Gasteiger partial charge in [-0.15, -0.1) is 0 Å². The number of fused-ring (bicyclic) bond motifs is 2. The number of amides is 3. The number of hydrogen-bond donors (Lipinski definition) is 2. The summed E-state index contributed by atoms with van der Waals surface area (Å²) in [5.41, 5.74) is 10.3. The molecular weight excluding hydrogens is 1350 g/mol. The molecule has 69 heavy (non-hydrogen) atoms. The normalized spacial score (nSPS) is 11.9. The molecule has 2 aromatic heterocycles. The summed E-state index contributed by atoms with van der Waals surface area (Å²) in [5, 5.41) is 28.3. The molecule has 2 N–H and O–H groups in total. The van der Waals surface area contributed by atoms with Crippen molar-refractivity contribution < 1.29 is 14.4 Å². The maximum absolute atomic E-state index is 12.7. The van der Waals surface area contributed by atoms with E-state index in [1.807, 2.05) is 72.8 Å². The van der Waals surface area contributed by atoms with Gasteiger partial charge in [0, 0.05) is 73.5 Å². The van der Waals surface area contributed by atoms with Crippen LogP contribution in [0.1, 0.15) is 46.5 Å². The number of nitriles is 2. The quantitative estimate of drug-likeness (QED) is 0.0954. The van der Waals surface area contributed by atoms with Gasteiger partial charge in [-0.1, -0.05) is 103 Å². The molecule has 0 saturated heterocycles. The third kappa shape index (κ3) is 14.5. The van der Waals surface area contributed by atoms with E-state index in [9.17, 15) is 24.9 Å². The Balaban J connectivity index is 0.000000207. The first-order chi connectivity index (χ1) is 33.0. The van der Waals surface area contributed by atoms with E-state index in [0.29, 0.717) is 42.6 Å². The lowest BCUT2D eigenvalue weighted by molar-refractivity contribution is -0.116. The molecule has 0 fully saturated rings. The Labute approximate surface area is 469 Å². The number of carbonyl (C=O) groups is 3. The summed E-state index contributed by atoms with van der Waals surface area (Å²) in [4.78, 5) is 45.8. The van der Waals surface area contributed by atoms with E-state index in [4.69, 9.17) is 33.2 Å². The lowest BCUT2D eigenvalue weighted by Gasteiger charge is -2.15. The Bertz CT molecular complexity index is 2780. The van der Waals surface area contributed by atoms with Crippen molar-refractivity contribution in [3.63, 3.8) is 0 Å². The summed E-state index contributed by atoms with van der Waals surface area (Å²) < 4.78 is 4.82. The second-order valence-corrected chi connectivity index (χ2v) is 23.4. The molecule has 0 spiro atoms. The topological polar surface area (TPSA) is 152 Å². The van der Waals surface area contributed by atoms with Crippen LogP contribution in [0.15, 0.2) is 110 Å². The molecule has 2 aliphatic carbocycles. The summed E-state index contributed by atoms with van der Waals surface area (Å²) in [6, 6.07) is 27.2. The fourth-order valence-electron chi connectivity index (χ4n) is 7.34. The maximum Gasteiger partial charge on any atom is 0.234 e. The van der Waals surface area contributed by atoms with Crippen molar-refractivity contribution in [3.8, 4) is 34.4 Å². The zero-order valence-corrected chi connectivity index (χ0v) is 49.1. The van der Waals surface area contributed by atoms with Gasteiger partial charge in [-0.25, -0.2) is 9.97 Å². The van der Waals surface area contributed by atoms with Gasteiger partial charge in [0.25, 0.3) is 0 Å². The first-order valence-corrected chi connectivity index (χ1v) is 28.2. The third-order valence-corrected chi connectivity index (χ3v) is 16.2. The number of halogens is 8. The van der Waals surface area contributed by atoms with Crippen molar-refractivity contribution in [2.24, 2.45) is 0 Å². The van der Waals surface area contributed by atoms with Gasteiger partial charge in [-0.2, -0.15) is 10.5 Å². The van der Waals surface area contributed by atoms with Crippen LogP contribution >= 0.6 is 142 Å². The Kier molecular flexibility index (Phi) is 20.7. The average Bonchev–Trinajstić information content (AvgIpc) is 4.00. The van der Waals surface area contributed by atoms with E-state index in [1.165, 1.54) is 28.4 Å². The van der Waals surface area contributed by atoms with Crippen LogP contribution in [0.5, 0.6) is 0 Å². The van der Waals surface area contributed by atoms with Crippen molar-refractivity contribution in [1.29, 1.82) is 10.5 Å². The van der Waals surface area contributed by atoms with Gasteiger partial charge in [0.15, 0.2) is 0 Å². The number of aryl methyl sites for hydroxylation is 2. The molecule has 0 saturated carbocycles. The predicted octanol–water partition coefficient (Wildman–Crippen LogP) is 15.3. The van der Waals surface area contributed by atoms with Gasteiger partial charge in [0.05, 0.1) is 34.0 Å². The fraction of sp³-hybridized carbons (Fsp3) is 0.204. The Morgan fingerprint density at radius 2 is 0.971 bits per heavy atom. The number of pyridine rings is 2. The maximum atomic E-state index is 12.7. The number of rotatable bonds is 11. The van der Waals surface area contributed by atoms with Crippen molar-refractivity contribution in [1.82, 2.24) is 14.9 Å². The number of hydrogen-bond acceptors (Lipinski definition) is 9. The monoisotopic (exact) mass is 1380 g/mol. The highest BCUT2D eigenvalue weighted by molar-refractivity contribution is 9.12. The number of nitrogens with one attached hydrogen (secondary N) is 2. The number of nitrogens with zero attached hydrogens (tertiary/aromatic N) is 5. The minimum Gasteiger partial charge on any atom is -0.351 e. The average molecular weight is 1390 g/mol. The van der Waals surface area contributed by atoms with Gasteiger partial charge >= 0.3 is 0 Å². The molecule has 8 rings (SSSR count). The minimum absolute atomic E-state index is 0.134. The van der Waals surface area contributed by atoms with Crippen molar-refractivity contribution in [3.05, 3.63) is 143 Å². The summed E-state index contributed by atoms with van der Waals surface area (Å²) in [6.45, 7) is 0. The van der Waals surface area contributed by atoms with E-state index in [0.717, 1.165) is 117 Å². The number of anilines is 2. The predicted molar refractivity (Wildman–Crippen MR) is 300 cm³/mol. The van der Waals surface area contributed by atoms with Crippen LogP contribution in [0, 0.1) is 22.7 Å². The van der Waals surface area contributed by atoms with E-state index >= 15 is 0 Å². The molecule has 2 heterocycles. The molecule has 4 aromatic carbocycles. The zero-order valence-electron chi connectivity index (χ0n) is 36.5. The summed E-state index contributed by atoms with van der Waals surface area (Å²) in [6.07, 6.45) is 6.31. The Morgan fingerprint density at radius 1 is 0.638 bits per heavy atom. The third-order valence-electron chi connectivity index (χ3n) is 10.3. The van der Waals surface area contributed by atoms with Crippen molar-refractivity contribution >= 4 is 172 Å². The van der Waals surface area contributed by atoms with Crippen LogP contribution < -0.4 is 10.6 Å². The minimum atomic E-state index is -0.182. The van der Waals surface area contributed by atoms with Crippen molar-refractivity contribution in [2.45, 2.75) is 48.6 Å². The Hall–Kier alpha value is -3.27. The molecule has 0 unspecified atom stereocenters. The smallest absolute Gasteiger partial charge is 0.234 e. The molecule has 20 heteroatoms. The first-order valence-electron chi connectivity index (χ1n) is 20.7. The van der Waals surface area contributed by atoms with Gasteiger partial charge in [-0.05, 0) is 173 Å². The molecule has 0 aliphatic heterocycles. The number of thioether (sulfide) groups is 2. The lowest BCUT2D eigenvalue weighted by atomic mass is 9.95. The van der Waals surface area contributed by atoms with Crippen LogP contribution in [-0.4, -0.2) is 58.7 Å². The molecular formula is C49H37Br6Cl2N7O3S2.